The molecule has 1 aromatic heterocycles. The first kappa shape index (κ1) is 21.5. The van der Waals surface area contributed by atoms with E-state index in [2.05, 4.69) is 10.3 Å². The second-order valence-electron chi connectivity index (χ2n) is 7.01. The van der Waals surface area contributed by atoms with Crippen LogP contribution in [-0.2, 0) is 15.7 Å². The summed E-state index contributed by atoms with van der Waals surface area (Å²) in [6.07, 6.45) is -4.49. The maximum Gasteiger partial charge on any atom is 0.416 e. The van der Waals surface area contributed by atoms with Crippen LogP contribution in [-0.4, -0.2) is 42.9 Å². The lowest BCUT2D eigenvalue weighted by Crippen LogP contribution is -2.37. The van der Waals surface area contributed by atoms with Crippen LogP contribution in [0.3, 0.4) is 0 Å². The summed E-state index contributed by atoms with van der Waals surface area (Å²) in [7, 11) is 0. The number of hydrogen-bond donors (Lipinski definition) is 1. The summed E-state index contributed by atoms with van der Waals surface area (Å²) in [6, 6.07) is 14.8. The molecule has 5 nitrogen and oxygen atoms in total. The van der Waals surface area contributed by atoms with Gasteiger partial charge in [-0.25, -0.2) is 4.98 Å². The summed E-state index contributed by atoms with van der Waals surface area (Å²) in [5.41, 5.74) is 0.719. The van der Waals surface area contributed by atoms with E-state index in [-0.39, 0.29) is 11.4 Å². The molecule has 1 saturated heterocycles. The van der Waals surface area contributed by atoms with Gasteiger partial charge in [0.25, 0.3) is 0 Å². The number of fused-ring (bicyclic) bond motifs is 1. The highest BCUT2D eigenvalue weighted by atomic mass is 32.2. The summed E-state index contributed by atoms with van der Waals surface area (Å²) < 4.78 is 45.0. The van der Waals surface area contributed by atoms with E-state index >= 15 is 0 Å². The molecule has 0 aliphatic carbocycles. The second kappa shape index (κ2) is 9.15. The Bertz CT molecular complexity index is 1090. The molecular formula is C22H20F3N3O2S. The average Bonchev–Trinajstić information content (AvgIpc) is 2.77. The van der Waals surface area contributed by atoms with Gasteiger partial charge in [-0.2, -0.15) is 13.2 Å². The van der Waals surface area contributed by atoms with E-state index in [1.54, 1.807) is 0 Å². The lowest BCUT2D eigenvalue weighted by Gasteiger charge is -2.31. The third-order valence-corrected chi connectivity index (χ3v) is 5.80. The smallest absolute Gasteiger partial charge is 0.378 e. The van der Waals surface area contributed by atoms with Crippen LogP contribution in [0.25, 0.3) is 10.9 Å². The molecule has 3 aromatic rings. The maximum atomic E-state index is 13.2. The first-order chi connectivity index (χ1) is 14.9. The van der Waals surface area contributed by atoms with E-state index in [9.17, 15) is 18.0 Å². The minimum atomic E-state index is -4.49. The number of carbonyl (C=O) groups is 1. The number of morpholine rings is 1. The first-order valence-electron chi connectivity index (χ1n) is 9.72. The molecule has 0 atom stereocenters. The number of thioether (sulfide) groups is 1. The number of pyridine rings is 1. The lowest BCUT2D eigenvalue weighted by molar-refractivity contribution is -0.137. The molecule has 1 N–H and O–H groups in total. The Kier molecular flexibility index (Phi) is 6.33. The van der Waals surface area contributed by atoms with Crippen molar-refractivity contribution in [1.29, 1.82) is 0 Å². The van der Waals surface area contributed by atoms with Crippen molar-refractivity contribution in [2.75, 3.05) is 42.3 Å². The molecule has 1 fully saturated rings. The third-order valence-electron chi connectivity index (χ3n) is 4.87. The number of aromatic nitrogens is 1. The zero-order valence-electron chi connectivity index (χ0n) is 16.5. The normalized spacial score (nSPS) is 14.6. The molecule has 0 unspecified atom stereocenters. The number of nitrogens with zero attached hydrogens (tertiary/aromatic N) is 2. The van der Waals surface area contributed by atoms with Crippen molar-refractivity contribution in [3.63, 3.8) is 0 Å². The van der Waals surface area contributed by atoms with E-state index in [0.29, 0.717) is 37.0 Å². The molecule has 9 heteroatoms. The van der Waals surface area contributed by atoms with Crippen LogP contribution in [0.4, 0.5) is 24.5 Å². The van der Waals surface area contributed by atoms with Crippen LogP contribution in [0.15, 0.2) is 59.6 Å². The quantitative estimate of drug-likeness (QED) is 0.569. The van der Waals surface area contributed by atoms with Gasteiger partial charge in [-0.1, -0.05) is 36.0 Å². The minimum Gasteiger partial charge on any atom is -0.378 e. The highest BCUT2D eigenvalue weighted by Gasteiger charge is 2.32. The molecule has 1 aliphatic heterocycles. The van der Waals surface area contributed by atoms with E-state index in [1.807, 2.05) is 41.3 Å². The van der Waals surface area contributed by atoms with Crippen molar-refractivity contribution in [2.45, 2.75) is 11.2 Å². The largest absolute Gasteiger partial charge is 0.416 e. The van der Waals surface area contributed by atoms with Crippen molar-refractivity contribution >= 4 is 39.9 Å². The van der Waals surface area contributed by atoms with E-state index in [4.69, 9.17) is 4.74 Å². The molecule has 1 aliphatic rings. The number of rotatable bonds is 5. The molecule has 1 amide bonds. The molecule has 2 aromatic carbocycles. The van der Waals surface area contributed by atoms with Crippen molar-refractivity contribution in [1.82, 2.24) is 4.98 Å². The second-order valence-corrected chi connectivity index (χ2v) is 8.00. The van der Waals surface area contributed by atoms with Crippen LogP contribution >= 0.6 is 11.8 Å². The molecule has 0 radical (unpaired) electrons. The Hall–Kier alpha value is -2.78. The van der Waals surface area contributed by atoms with Gasteiger partial charge in [0.1, 0.15) is 0 Å². The highest BCUT2D eigenvalue weighted by molar-refractivity contribution is 7.99. The van der Waals surface area contributed by atoms with E-state index in [0.717, 1.165) is 23.0 Å². The number of benzene rings is 2. The van der Waals surface area contributed by atoms with Crippen LogP contribution in [0.2, 0.25) is 0 Å². The van der Waals surface area contributed by atoms with Crippen LogP contribution in [0.5, 0.6) is 0 Å². The molecule has 31 heavy (non-hydrogen) atoms. The number of ether oxygens (including phenoxy) is 1. The zero-order valence-corrected chi connectivity index (χ0v) is 17.3. The molecule has 2 heterocycles. The number of hydrogen-bond acceptors (Lipinski definition) is 5. The van der Waals surface area contributed by atoms with Crippen LogP contribution in [0, 0.1) is 0 Å². The number of nitrogens with one attached hydrogen (secondary N) is 1. The molecule has 162 valence electrons. The summed E-state index contributed by atoms with van der Waals surface area (Å²) in [5, 5.41) is 4.33. The number of halogens is 3. The monoisotopic (exact) mass is 447 g/mol. The van der Waals surface area contributed by atoms with Gasteiger partial charge in [-0.3, -0.25) is 4.79 Å². The van der Waals surface area contributed by atoms with Gasteiger partial charge in [0, 0.05) is 18.5 Å². The molecule has 0 saturated carbocycles. The van der Waals surface area contributed by atoms with Gasteiger partial charge in [0.15, 0.2) is 0 Å². The maximum absolute atomic E-state index is 13.2. The average molecular weight is 447 g/mol. The number of anilines is 2. The van der Waals surface area contributed by atoms with E-state index < -0.39 is 17.6 Å². The SMILES string of the molecule is O=C(CSc1ccc2ccccc2n1)Nc1cc(C(F)(F)F)ccc1N1CCOCC1. The van der Waals surface area contributed by atoms with Crippen LogP contribution in [0.1, 0.15) is 5.56 Å². The number of alkyl halides is 3. The number of carbonyl (C=O) groups excluding carboxylic acids is 1. The Labute approximate surface area is 181 Å². The van der Waals surface area contributed by atoms with Crippen molar-refractivity contribution < 1.29 is 22.7 Å². The fourth-order valence-electron chi connectivity index (χ4n) is 3.35. The Balaban J connectivity index is 1.49. The van der Waals surface area contributed by atoms with Crippen molar-refractivity contribution in [3.05, 3.63) is 60.2 Å². The Morgan fingerprint density at radius 1 is 1.10 bits per heavy atom. The standard InChI is InChI=1S/C22H20F3N3O2S/c23-22(24,25)16-6-7-19(28-9-11-30-12-10-28)18(13-16)26-20(29)14-31-21-8-5-15-3-1-2-4-17(15)27-21/h1-8,13H,9-12,14H2,(H,26,29). The molecule has 4 rings (SSSR count). The van der Waals surface area contributed by atoms with Crippen molar-refractivity contribution in [3.8, 4) is 0 Å². The summed E-state index contributed by atoms with van der Waals surface area (Å²) >= 11 is 1.23. The first-order valence-corrected chi connectivity index (χ1v) is 10.7. The zero-order chi connectivity index (χ0) is 21.8. The molecule has 0 spiro atoms. The van der Waals surface area contributed by atoms with Crippen LogP contribution < -0.4 is 10.2 Å². The Morgan fingerprint density at radius 3 is 2.65 bits per heavy atom. The number of amides is 1. The Morgan fingerprint density at radius 2 is 1.87 bits per heavy atom. The van der Waals surface area contributed by atoms with Gasteiger partial charge in [0.2, 0.25) is 5.91 Å². The summed E-state index contributed by atoms with van der Waals surface area (Å²) in [6.45, 7) is 2.06. The minimum absolute atomic E-state index is 0.0319. The summed E-state index contributed by atoms with van der Waals surface area (Å²) in [5.74, 6) is -0.363. The predicted molar refractivity (Wildman–Crippen MR) is 116 cm³/mol. The predicted octanol–water partition coefficient (Wildman–Crippen LogP) is 4.82. The fraction of sp³-hybridized carbons (Fsp3) is 0.273. The van der Waals surface area contributed by atoms with E-state index in [1.165, 1.54) is 17.8 Å². The molecular weight excluding hydrogens is 427 g/mol. The highest BCUT2D eigenvalue weighted by Crippen LogP contribution is 2.36. The summed E-state index contributed by atoms with van der Waals surface area (Å²) in [4.78, 5) is 19.0. The lowest BCUT2D eigenvalue weighted by atomic mass is 10.1. The van der Waals surface area contributed by atoms with Gasteiger partial charge >= 0.3 is 6.18 Å². The van der Waals surface area contributed by atoms with Crippen molar-refractivity contribution in [2.24, 2.45) is 0 Å². The third kappa shape index (κ3) is 5.29. The van der Waals surface area contributed by atoms with Gasteiger partial charge < -0.3 is 15.0 Å². The van der Waals surface area contributed by atoms with Gasteiger partial charge in [-0.15, -0.1) is 0 Å². The fourth-order valence-corrected chi connectivity index (χ4v) is 4.02. The topological polar surface area (TPSA) is 54.5 Å². The number of para-hydroxylation sites is 1. The molecule has 0 bridgehead atoms. The van der Waals surface area contributed by atoms with Gasteiger partial charge in [0.05, 0.1) is 46.4 Å². The van der Waals surface area contributed by atoms with Gasteiger partial charge in [-0.05, 0) is 30.3 Å².